The van der Waals surface area contributed by atoms with Gasteiger partial charge in [-0.1, -0.05) is 26.7 Å². The van der Waals surface area contributed by atoms with Crippen LogP contribution in [0.3, 0.4) is 0 Å². The van der Waals surface area contributed by atoms with Gasteiger partial charge >= 0.3 is 0 Å². The van der Waals surface area contributed by atoms with Crippen LogP contribution in [0, 0.1) is 23.5 Å². The van der Waals surface area contributed by atoms with E-state index in [4.69, 9.17) is 7.85 Å². The van der Waals surface area contributed by atoms with E-state index in [9.17, 15) is 17.6 Å². The molecule has 1 nitrogen and oxygen atoms in total. The lowest BCUT2D eigenvalue weighted by Crippen LogP contribution is -2.29. The highest BCUT2D eigenvalue weighted by Gasteiger charge is 2.33. The topological polar surface area (TPSA) is 12.9 Å². The quantitative estimate of drug-likeness (QED) is 0.442. The van der Waals surface area contributed by atoms with Crippen LogP contribution in [0.15, 0.2) is 0 Å². The zero-order valence-electron chi connectivity index (χ0n) is 8.95. The van der Waals surface area contributed by atoms with Crippen LogP contribution in [0.5, 0.6) is 0 Å². The molecule has 1 rings (SSSR count). The molecule has 0 aliphatic carbocycles. The lowest BCUT2D eigenvalue weighted by molar-refractivity contribution is 0.372. The van der Waals surface area contributed by atoms with Crippen molar-refractivity contribution in [3.05, 3.63) is 29.1 Å². The first kappa shape index (κ1) is 13.0. The minimum atomic E-state index is -1.68. The molecule has 0 aliphatic heterocycles. The van der Waals surface area contributed by atoms with E-state index in [1.54, 1.807) is 13.8 Å². The summed E-state index contributed by atoms with van der Waals surface area (Å²) in [7, 11) is 5.72. The Bertz CT molecular complexity index is 378. The summed E-state index contributed by atoms with van der Waals surface area (Å²) in [6.45, 7) is 3.16. The number of hydrogen-bond acceptors (Lipinski definition) is 1. The zero-order chi connectivity index (χ0) is 12.5. The summed E-state index contributed by atoms with van der Waals surface area (Å²) in [5.41, 5.74) is -0.775. The standard InChI is InChI=1S/C10H10BF4N/c1-3-10(11,4-2)5-6(12)8(14)16-9(15)7(5)13/h3-4H2,1-2H3. The minimum absolute atomic E-state index is 0.153. The Kier molecular flexibility index (Phi) is 3.60. The SMILES string of the molecule is [B]C(CC)(CC)c1c(F)c(F)nc(F)c1F. The van der Waals surface area contributed by atoms with Gasteiger partial charge in [-0.25, -0.2) is 8.78 Å². The summed E-state index contributed by atoms with van der Waals surface area (Å²) in [5, 5.41) is -1.43. The molecule has 1 aromatic heterocycles. The van der Waals surface area contributed by atoms with E-state index < -0.39 is 34.4 Å². The predicted molar refractivity (Wildman–Crippen MR) is 52.1 cm³/mol. The highest BCUT2D eigenvalue weighted by Crippen LogP contribution is 2.33. The van der Waals surface area contributed by atoms with Crippen LogP contribution in [-0.4, -0.2) is 12.8 Å². The number of pyridine rings is 1. The van der Waals surface area contributed by atoms with E-state index in [0.717, 1.165) is 0 Å². The molecular weight excluding hydrogens is 221 g/mol. The summed E-state index contributed by atoms with van der Waals surface area (Å²) in [4.78, 5) is 2.48. The number of aromatic nitrogens is 1. The fourth-order valence-corrected chi connectivity index (χ4v) is 1.53. The Balaban J connectivity index is 3.54. The third kappa shape index (κ3) is 1.93. The molecule has 0 unspecified atom stereocenters. The van der Waals surface area contributed by atoms with E-state index in [1.165, 1.54) is 0 Å². The van der Waals surface area contributed by atoms with E-state index >= 15 is 0 Å². The van der Waals surface area contributed by atoms with Gasteiger partial charge in [0.15, 0.2) is 11.6 Å². The molecule has 0 spiro atoms. The van der Waals surface area contributed by atoms with Crippen molar-refractivity contribution in [1.82, 2.24) is 4.98 Å². The predicted octanol–water partition coefficient (Wildman–Crippen LogP) is 2.82. The van der Waals surface area contributed by atoms with Crippen molar-refractivity contribution in [3.8, 4) is 0 Å². The van der Waals surface area contributed by atoms with Crippen LogP contribution >= 0.6 is 0 Å². The maximum Gasteiger partial charge on any atom is 0.252 e. The molecule has 6 heteroatoms. The van der Waals surface area contributed by atoms with Gasteiger partial charge in [0.1, 0.15) is 0 Å². The Morgan fingerprint density at radius 3 is 1.69 bits per heavy atom. The van der Waals surface area contributed by atoms with Crippen molar-refractivity contribution in [3.63, 3.8) is 0 Å². The molecule has 86 valence electrons. The fraction of sp³-hybridized carbons (Fsp3) is 0.500. The third-order valence-corrected chi connectivity index (χ3v) is 2.76. The largest absolute Gasteiger partial charge is 0.252 e. The number of nitrogens with zero attached hydrogens (tertiary/aromatic N) is 1. The monoisotopic (exact) mass is 231 g/mol. The molecule has 0 N–H and O–H groups in total. The van der Waals surface area contributed by atoms with Crippen LogP contribution < -0.4 is 0 Å². The highest BCUT2D eigenvalue weighted by atomic mass is 19.2. The van der Waals surface area contributed by atoms with Crippen molar-refractivity contribution in [1.29, 1.82) is 0 Å². The molecule has 0 bridgehead atoms. The van der Waals surface area contributed by atoms with Crippen molar-refractivity contribution >= 4 is 7.85 Å². The first-order valence-electron chi connectivity index (χ1n) is 4.86. The van der Waals surface area contributed by atoms with Crippen LogP contribution in [0.1, 0.15) is 32.3 Å². The third-order valence-electron chi connectivity index (χ3n) is 2.76. The summed E-state index contributed by atoms with van der Waals surface area (Å²) < 4.78 is 52.5. The molecule has 0 amide bonds. The number of hydrogen-bond donors (Lipinski definition) is 0. The molecule has 0 atom stereocenters. The van der Waals surface area contributed by atoms with Gasteiger partial charge in [0, 0.05) is 5.56 Å². The molecule has 0 aromatic carbocycles. The first-order chi connectivity index (χ1) is 7.37. The summed E-state index contributed by atoms with van der Waals surface area (Å²) in [6.07, 6.45) is 0.306. The fourth-order valence-electron chi connectivity index (χ4n) is 1.53. The van der Waals surface area contributed by atoms with E-state index in [-0.39, 0.29) is 12.8 Å². The zero-order valence-corrected chi connectivity index (χ0v) is 8.95. The molecule has 1 heterocycles. The van der Waals surface area contributed by atoms with Crippen LogP contribution in [0.4, 0.5) is 17.6 Å². The molecule has 1 aromatic rings. The van der Waals surface area contributed by atoms with Gasteiger partial charge in [0.05, 0.1) is 7.85 Å². The van der Waals surface area contributed by atoms with Crippen molar-refractivity contribution in [2.24, 2.45) is 0 Å². The van der Waals surface area contributed by atoms with Crippen molar-refractivity contribution < 1.29 is 17.6 Å². The first-order valence-corrected chi connectivity index (χ1v) is 4.86. The lowest BCUT2D eigenvalue weighted by Gasteiger charge is -2.28. The molecule has 0 aliphatic rings. The molecule has 0 saturated heterocycles. The molecule has 0 saturated carbocycles. The average Bonchev–Trinajstić information content (AvgIpc) is 2.26. The Morgan fingerprint density at radius 2 is 1.38 bits per heavy atom. The second-order valence-corrected chi connectivity index (χ2v) is 3.56. The van der Waals surface area contributed by atoms with Gasteiger partial charge in [-0.2, -0.15) is 13.8 Å². The number of rotatable bonds is 3. The van der Waals surface area contributed by atoms with Crippen LogP contribution in [0.2, 0.25) is 0 Å². The maximum atomic E-state index is 13.4. The Hall–Kier alpha value is -1.07. The van der Waals surface area contributed by atoms with Crippen molar-refractivity contribution in [2.75, 3.05) is 0 Å². The van der Waals surface area contributed by atoms with E-state index in [2.05, 4.69) is 4.98 Å². The van der Waals surface area contributed by atoms with Crippen LogP contribution in [-0.2, 0) is 5.31 Å². The second kappa shape index (κ2) is 4.43. The van der Waals surface area contributed by atoms with Gasteiger partial charge in [0.25, 0.3) is 11.9 Å². The van der Waals surface area contributed by atoms with Crippen LogP contribution in [0.25, 0.3) is 0 Å². The van der Waals surface area contributed by atoms with Gasteiger partial charge in [-0.05, 0) is 5.31 Å². The van der Waals surface area contributed by atoms with Gasteiger partial charge in [-0.15, -0.1) is 0 Å². The molecule has 2 radical (unpaired) electrons. The molecule has 0 fully saturated rings. The number of halogens is 4. The minimum Gasteiger partial charge on any atom is -0.202 e. The molecular formula is C10H10BF4N. The van der Waals surface area contributed by atoms with E-state index in [0.29, 0.717) is 0 Å². The normalized spacial score (nSPS) is 11.9. The average molecular weight is 231 g/mol. The Morgan fingerprint density at radius 1 is 1.00 bits per heavy atom. The highest BCUT2D eigenvalue weighted by molar-refractivity contribution is 6.15. The summed E-state index contributed by atoms with van der Waals surface area (Å²) in [6, 6.07) is 0. The summed E-state index contributed by atoms with van der Waals surface area (Å²) >= 11 is 0. The van der Waals surface area contributed by atoms with Crippen molar-refractivity contribution in [2.45, 2.75) is 32.0 Å². The van der Waals surface area contributed by atoms with E-state index in [1.807, 2.05) is 0 Å². The Labute approximate surface area is 92.3 Å². The summed E-state index contributed by atoms with van der Waals surface area (Å²) in [5.74, 6) is -6.40. The van der Waals surface area contributed by atoms with Gasteiger partial charge in [-0.3, -0.25) is 0 Å². The van der Waals surface area contributed by atoms with Gasteiger partial charge in [0.2, 0.25) is 0 Å². The lowest BCUT2D eigenvalue weighted by atomic mass is 9.60. The second-order valence-electron chi connectivity index (χ2n) is 3.56. The van der Waals surface area contributed by atoms with Gasteiger partial charge < -0.3 is 0 Å². The maximum absolute atomic E-state index is 13.4. The smallest absolute Gasteiger partial charge is 0.202 e. The molecule has 16 heavy (non-hydrogen) atoms.